The maximum absolute atomic E-state index is 13.6. The van der Waals surface area contributed by atoms with Crippen LogP contribution in [0.2, 0.25) is 0 Å². The van der Waals surface area contributed by atoms with Gasteiger partial charge in [0, 0.05) is 13.1 Å². The molecule has 3 amide bonds. The molecule has 1 atom stereocenters. The Morgan fingerprint density at radius 3 is 2.58 bits per heavy atom. The van der Waals surface area contributed by atoms with Gasteiger partial charge < -0.3 is 4.90 Å². The van der Waals surface area contributed by atoms with Crippen LogP contribution < -0.4 is 4.72 Å². The molecule has 31 heavy (non-hydrogen) atoms. The molecule has 0 bridgehead atoms. The summed E-state index contributed by atoms with van der Waals surface area (Å²) in [7, 11) is -3.88. The molecule has 1 aromatic carbocycles. The number of imide groups is 1. The van der Waals surface area contributed by atoms with Gasteiger partial charge in [0.25, 0.3) is 5.24 Å². The molecule has 0 spiro atoms. The number of likely N-dealkylation sites (tertiary alicyclic amines) is 1. The van der Waals surface area contributed by atoms with Gasteiger partial charge in [-0.15, -0.1) is 0 Å². The van der Waals surface area contributed by atoms with E-state index in [0.29, 0.717) is 25.8 Å². The van der Waals surface area contributed by atoms with E-state index in [1.807, 2.05) is 13.0 Å². The van der Waals surface area contributed by atoms with Crippen molar-refractivity contribution in [3.63, 3.8) is 0 Å². The highest BCUT2D eigenvalue weighted by Crippen LogP contribution is 2.34. The zero-order chi connectivity index (χ0) is 22.2. The minimum Gasteiger partial charge on any atom is -0.339 e. The van der Waals surface area contributed by atoms with Crippen LogP contribution >= 0.6 is 11.8 Å². The molecular weight excluding hydrogens is 438 g/mol. The quantitative estimate of drug-likeness (QED) is 0.716. The molecule has 1 N–H and O–H groups in total. The summed E-state index contributed by atoms with van der Waals surface area (Å²) < 4.78 is 29.1. The first-order chi connectivity index (χ1) is 14.7. The fourth-order valence-corrected chi connectivity index (χ4v) is 7.07. The first-order valence-electron chi connectivity index (χ1n) is 10.6. The molecule has 1 aromatic rings. The van der Waals surface area contributed by atoms with Crippen molar-refractivity contribution in [3.8, 4) is 0 Å². The molecule has 1 unspecified atom stereocenters. The van der Waals surface area contributed by atoms with Crippen LogP contribution in [-0.2, 0) is 19.6 Å². The Hall–Kier alpha value is -1.91. The lowest BCUT2D eigenvalue weighted by atomic mass is 9.81. The average molecular weight is 466 g/mol. The lowest BCUT2D eigenvalue weighted by Gasteiger charge is -2.39. The van der Waals surface area contributed by atoms with Crippen molar-refractivity contribution in [1.29, 1.82) is 0 Å². The number of amides is 3. The Labute approximate surface area is 186 Å². The van der Waals surface area contributed by atoms with Gasteiger partial charge in [0.2, 0.25) is 21.8 Å². The summed E-state index contributed by atoms with van der Waals surface area (Å²) in [6.07, 6.45) is 3.88. The molecule has 8 nitrogen and oxygen atoms in total. The molecule has 4 rings (SSSR count). The van der Waals surface area contributed by atoms with Gasteiger partial charge in [-0.2, -0.15) is 4.72 Å². The van der Waals surface area contributed by atoms with Crippen LogP contribution in [0.3, 0.4) is 0 Å². The van der Waals surface area contributed by atoms with E-state index in [-0.39, 0.29) is 40.3 Å². The van der Waals surface area contributed by atoms with Crippen LogP contribution in [0.25, 0.3) is 0 Å². The van der Waals surface area contributed by atoms with Crippen molar-refractivity contribution in [3.05, 3.63) is 29.8 Å². The summed E-state index contributed by atoms with van der Waals surface area (Å²) in [6.45, 7) is 2.48. The zero-order valence-corrected chi connectivity index (χ0v) is 19.1. The predicted octanol–water partition coefficient (Wildman–Crippen LogP) is 2.27. The van der Waals surface area contributed by atoms with E-state index in [9.17, 15) is 22.8 Å². The molecule has 2 heterocycles. The van der Waals surface area contributed by atoms with Gasteiger partial charge in [-0.3, -0.25) is 19.3 Å². The summed E-state index contributed by atoms with van der Waals surface area (Å²) in [5.41, 5.74) is -0.365. The Kier molecular flexibility index (Phi) is 6.15. The van der Waals surface area contributed by atoms with Crippen LogP contribution in [-0.4, -0.2) is 65.7 Å². The number of benzene rings is 1. The van der Waals surface area contributed by atoms with Crippen LogP contribution in [0.4, 0.5) is 4.79 Å². The SMILES string of the molecule is Cc1cccc(S(=O)(=O)NC2(C(=O)N3CCC(N4C(=O)CSC4=O)C3)CCCCC2)c1. The summed E-state index contributed by atoms with van der Waals surface area (Å²) >= 11 is 0.986. The molecule has 0 aromatic heterocycles. The third kappa shape index (κ3) is 4.38. The molecule has 2 saturated heterocycles. The Morgan fingerprint density at radius 2 is 1.94 bits per heavy atom. The topological polar surface area (TPSA) is 104 Å². The van der Waals surface area contributed by atoms with Crippen molar-refractivity contribution in [2.24, 2.45) is 0 Å². The van der Waals surface area contributed by atoms with Crippen molar-refractivity contribution < 1.29 is 22.8 Å². The number of carbonyl (C=O) groups is 3. The minimum atomic E-state index is -3.88. The van der Waals surface area contributed by atoms with Crippen molar-refractivity contribution >= 4 is 38.8 Å². The molecular formula is C21H27N3O5S2. The van der Waals surface area contributed by atoms with Crippen LogP contribution in [0.5, 0.6) is 0 Å². The first-order valence-corrected chi connectivity index (χ1v) is 13.1. The molecule has 2 aliphatic heterocycles. The normalized spacial score (nSPS) is 24.1. The zero-order valence-electron chi connectivity index (χ0n) is 17.5. The van der Waals surface area contributed by atoms with Crippen LogP contribution in [0.15, 0.2) is 29.2 Å². The molecule has 1 saturated carbocycles. The number of nitrogens with zero attached hydrogens (tertiary/aromatic N) is 2. The van der Waals surface area contributed by atoms with Gasteiger partial charge in [0.05, 0.1) is 16.7 Å². The second kappa shape index (κ2) is 8.55. The number of carbonyl (C=O) groups excluding carboxylic acids is 3. The number of hydrogen-bond donors (Lipinski definition) is 1. The van der Waals surface area contributed by atoms with Gasteiger partial charge >= 0.3 is 0 Å². The van der Waals surface area contributed by atoms with E-state index < -0.39 is 15.6 Å². The van der Waals surface area contributed by atoms with E-state index >= 15 is 0 Å². The fourth-order valence-electron chi connectivity index (χ4n) is 4.77. The van der Waals surface area contributed by atoms with Gasteiger partial charge in [0.15, 0.2) is 0 Å². The molecule has 3 fully saturated rings. The van der Waals surface area contributed by atoms with Gasteiger partial charge in [-0.1, -0.05) is 43.2 Å². The first kappa shape index (κ1) is 22.3. The molecule has 10 heteroatoms. The Morgan fingerprint density at radius 1 is 1.19 bits per heavy atom. The second-order valence-electron chi connectivity index (χ2n) is 8.58. The van der Waals surface area contributed by atoms with Crippen molar-refractivity contribution in [2.45, 2.75) is 61.9 Å². The highest BCUT2D eigenvalue weighted by atomic mass is 32.2. The van der Waals surface area contributed by atoms with Crippen LogP contribution in [0, 0.1) is 6.92 Å². The smallest absolute Gasteiger partial charge is 0.289 e. The summed E-state index contributed by atoms with van der Waals surface area (Å²) in [5, 5.41) is -0.267. The summed E-state index contributed by atoms with van der Waals surface area (Å²) in [4.78, 5) is 40.8. The van der Waals surface area contributed by atoms with Crippen LogP contribution in [0.1, 0.15) is 44.1 Å². The molecule has 3 aliphatic rings. The third-order valence-corrected chi connectivity index (χ3v) is 8.72. The van der Waals surface area contributed by atoms with Gasteiger partial charge in [-0.25, -0.2) is 8.42 Å². The number of hydrogen-bond acceptors (Lipinski definition) is 6. The number of aryl methyl sites for hydroxylation is 1. The van der Waals surface area contributed by atoms with E-state index in [2.05, 4.69) is 4.72 Å². The standard InChI is InChI=1S/C21H27N3O5S2/c1-15-6-5-7-17(12-15)31(28,29)22-21(9-3-2-4-10-21)19(26)23-11-8-16(13-23)24-18(25)14-30-20(24)27/h5-7,12,16,22H,2-4,8-11,13-14H2,1H3. The third-order valence-electron chi connectivity index (χ3n) is 6.35. The maximum Gasteiger partial charge on any atom is 0.289 e. The fraction of sp³-hybridized carbons (Fsp3) is 0.571. The van der Waals surface area contributed by atoms with E-state index in [0.717, 1.165) is 36.6 Å². The van der Waals surface area contributed by atoms with E-state index in [1.165, 1.54) is 11.0 Å². The van der Waals surface area contributed by atoms with Crippen molar-refractivity contribution in [2.75, 3.05) is 18.8 Å². The minimum absolute atomic E-state index is 0.142. The van der Waals surface area contributed by atoms with Gasteiger partial charge in [0.1, 0.15) is 5.54 Å². The molecule has 0 radical (unpaired) electrons. The highest BCUT2D eigenvalue weighted by molar-refractivity contribution is 8.14. The molecule has 1 aliphatic carbocycles. The number of sulfonamides is 1. The lowest BCUT2D eigenvalue weighted by Crippen LogP contribution is -2.60. The van der Waals surface area contributed by atoms with Gasteiger partial charge in [-0.05, 0) is 43.9 Å². The summed E-state index contributed by atoms with van der Waals surface area (Å²) in [6, 6.07) is 6.30. The number of thioether (sulfide) groups is 1. The monoisotopic (exact) mass is 465 g/mol. The molecule has 168 valence electrons. The number of nitrogens with one attached hydrogen (secondary N) is 1. The maximum atomic E-state index is 13.6. The largest absolute Gasteiger partial charge is 0.339 e. The lowest BCUT2D eigenvalue weighted by molar-refractivity contribution is -0.138. The summed E-state index contributed by atoms with van der Waals surface area (Å²) in [5.74, 6) is -0.330. The van der Waals surface area contributed by atoms with Crippen molar-refractivity contribution in [1.82, 2.24) is 14.5 Å². The Balaban J connectivity index is 1.56. The number of rotatable bonds is 5. The average Bonchev–Trinajstić information content (AvgIpc) is 3.34. The van der Waals surface area contributed by atoms with E-state index in [1.54, 1.807) is 17.0 Å². The second-order valence-corrected chi connectivity index (χ2v) is 11.2. The predicted molar refractivity (Wildman–Crippen MR) is 117 cm³/mol. The highest BCUT2D eigenvalue weighted by Gasteiger charge is 2.48. The Bertz CT molecular complexity index is 988. The van der Waals surface area contributed by atoms with E-state index in [4.69, 9.17) is 0 Å².